The van der Waals surface area contributed by atoms with Gasteiger partial charge in [-0.15, -0.1) is 0 Å². The van der Waals surface area contributed by atoms with Crippen LogP contribution in [-0.2, 0) is 14.4 Å². The van der Waals surface area contributed by atoms with E-state index in [1.165, 1.54) is 0 Å². The van der Waals surface area contributed by atoms with E-state index in [0.717, 1.165) is 23.9 Å². The average Bonchev–Trinajstić information content (AvgIpc) is 2.72. The van der Waals surface area contributed by atoms with Crippen LogP contribution in [0.5, 0.6) is 0 Å². The van der Waals surface area contributed by atoms with Crippen LogP contribution in [0.4, 0.5) is 0 Å². The van der Waals surface area contributed by atoms with Gasteiger partial charge in [0.2, 0.25) is 0 Å². The van der Waals surface area contributed by atoms with Crippen LogP contribution in [0.2, 0.25) is 0 Å². The van der Waals surface area contributed by atoms with E-state index in [1.807, 2.05) is 20.8 Å². The number of hydrogen-bond donors (Lipinski definition) is 0. The molecule has 5 heteroatoms. The summed E-state index contributed by atoms with van der Waals surface area (Å²) in [5.41, 5.74) is -0.680. The first-order valence-corrected chi connectivity index (χ1v) is 6.72. The van der Waals surface area contributed by atoms with Gasteiger partial charge in [0.05, 0.1) is 5.92 Å². The van der Waals surface area contributed by atoms with Gasteiger partial charge in [-0.1, -0.05) is 5.16 Å². The molecule has 17 heavy (non-hydrogen) atoms. The molecule has 96 valence electrons. The van der Waals surface area contributed by atoms with Gasteiger partial charge < -0.3 is 9.57 Å². The number of oxime groups is 1. The van der Waals surface area contributed by atoms with Crippen molar-refractivity contribution in [3.63, 3.8) is 0 Å². The minimum Gasteiger partial charge on any atom is -0.460 e. The third kappa shape index (κ3) is 3.00. The molecule has 2 rings (SSSR count). The third-order valence-corrected chi connectivity index (χ3v) is 3.54. The van der Waals surface area contributed by atoms with Crippen molar-refractivity contribution in [1.29, 1.82) is 0 Å². The third-order valence-electron chi connectivity index (χ3n) is 3.11. The van der Waals surface area contributed by atoms with Crippen molar-refractivity contribution >= 4 is 26.5 Å². The largest absolute Gasteiger partial charge is 0.460 e. The molecule has 1 unspecified atom stereocenters. The van der Waals surface area contributed by atoms with E-state index in [4.69, 9.17) is 9.57 Å². The lowest BCUT2D eigenvalue weighted by Crippen LogP contribution is -2.30. The molecule has 1 saturated carbocycles. The van der Waals surface area contributed by atoms with Crippen molar-refractivity contribution in [3.8, 4) is 0 Å². The number of halogens is 1. The Morgan fingerprint density at radius 1 is 1.59 bits per heavy atom. The van der Waals surface area contributed by atoms with Gasteiger partial charge in [-0.2, -0.15) is 0 Å². The highest BCUT2D eigenvalue weighted by atomic mass is 79.9. The maximum absolute atomic E-state index is 12.0. The summed E-state index contributed by atoms with van der Waals surface area (Å²) >= 11 is 3.34. The molecule has 0 aromatic rings. The Bertz CT molecular complexity index is 361. The lowest BCUT2D eigenvalue weighted by atomic mass is 9.97. The van der Waals surface area contributed by atoms with Gasteiger partial charge in [0.15, 0.2) is 0 Å². The number of carbonyl (C=O) groups excluding carboxylic acids is 1. The molecular formula is C12H18BrNO3. The number of rotatable bonds is 1. The van der Waals surface area contributed by atoms with Gasteiger partial charge in [0, 0.05) is 12.8 Å². The molecule has 0 amide bonds. The van der Waals surface area contributed by atoms with Gasteiger partial charge in [0.1, 0.15) is 15.8 Å². The number of ether oxygens (including phenoxy) is 1. The number of nitrogens with zero attached hydrogens (tertiary/aromatic N) is 1. The zero-order chi connectivity index (χ0) is 12.7. The van der Waals surface area contributed by atoms with E-state index in [-0.39, 0.29) is 17.5 Å². The van der Waals surface area contributed by atoms with Crippen LogP contribution in [0.1, 0.15) is 46.5 Å². The molecule has 0 N–H and O–H groups in total. The molecule has 0 aromatic carbocycles. The smallest absolute Gasteiger partial charge is 0.309 e. The van der Waals surface area contributed by atoms with Gasteiger partial charge in [-0.05, 0) is 49.5 Å². The molecule has 2 atom stereocenters. The fourth-order valence-electron chi connectivity index (χ4n) is 2.40. The Hall–Kier alpha value is -0.580. The van der Waals surface area contributed by atoms with Gasteiger partial charge in [-0.25, -0.2) is 0 Å². The summed E-state index contributed by atoms with van der Waals surface area (Å²) in [5.74, 6) is -0.163. The van der Waals surface area contributed by atoms with Crippen LogP contribution in [0.3, 0.4) is 0 Å². The standard InChI is InChI=1S/C12H18BrNO3/c1-11(2,3)16-10(15)8-4-5-12(6-8)7-9(13)14-17-12/h8H,4-7H2,1-3H3/t8-,12?/m0/s1. The average molecular weight is 304 g/mol. The fraction of sp³-hybridized carbons (Fsp3) is 0.833. The van der Waals surface area contributed by atoms with Gasteiger partial charge in [0.25, 0.3) is 0 Å². The van der Waals surface area contributed by atoms with Crippen LogP contribution in [0.25, 0.3) is 0 Å². The van der Waals surface area contributed by atoms with Crippen molar-refractivity contribution in [2.24, 2.45) is 11.1 Å². The van der Waals surface area contributed by atoms with Crippen LogP contribution < -0.4 is 0 Å². The Morgan fingerprint density at radius 3 is 2.82 bits per heavy atom. The summed E-state index contributed by atoms with van der Waals surface area (Å²) in [7, 11) is 0. The molecule has 4 nitrogen and oxygen atoms in total. The molecule has 1 aliphatic heterocycles. The lowest BCUT2D eigenvalue weighted by molar-refractivity contribution is -0.160. The Labute approximate surface area is 110 Å². The molecule has 0 aromatic heterocycles. The van der Waals surface area contributed by atoms with Crippen molar-refractivity contribution in [1.82, 2.24) is 0 Å². The molecule has 1 heterocycles. The van der Waals surface area contributed by atoms with Crippen LogP contribution in [-0.4, -0.2) is 21.8 Å². The van der Waals surface area contributed by atoms with Crippen molar-refractivity contribution in [2.45, 2.75) is 57.7 Å². The maximum Gasteiger partial charge on any atom is 0.309 e. The van der Waals surface area contributed by atoms with Crippen LogP contribution >= 0.6 is 15.9 Å². The highest BCUT2D eigenvalue weighted by molar-refractivity contribution is 9.18. The molecule has 1 spiro atoms. The first-order chi connectivity index (χ1) is 7.80. The summed E-state index contributed by atoms with van der Waals surface area (Å²) in [6, 6.07) is 0. The second-order valence-electron chi connectivity index (χ2n) is 5.89. The molecule has 2 aliphatic rings. The molecule has 1 aliphatic carbocycles. The minimum atomic E-state index is -0.416. The van der Waals surface area contributed by atoms with E-state index < -0.39 is 5.60 Å². The first kappa shape index (κ1) is 12.9. The Balaban J connectivity index is 1.92. The number of esters is 1. The first-order valence-electron chi connectivity index (χ1n) is 5.93. The van der Waals surface area contributed by atoms with Gasteiger partial charge in [-0.3, -0.25) is 4.79 Å². The molecule has 0 bridgehead atoms. The van der Waals surface area contributed by atoms with E-state index in [2.05, 4.69) is 21.1 Å². The van der Waals surface area contributed by atoms with Gasteiger partial charge >= 0.3 is 5.97 Å². The highest BCUT2D eigenvalue weighted by Gasteiger charge is 2.48. The van der Waals surface area contributed by atoms with Crippen molar-refractivity contribution < 1.29 is 14.4 Å². The molecule has 0 radical (unpaired) electrons. The quantitative estimate of drug-likeness (QED) is 0.700. The highest BCUT2D eigenvalue weighted by Crippen LogP contribution is 2.44. The normalized spacial score (nSPS) is 32.5. The van der Waals surface area contributed by atoms with E-state index >= 15 is 0 Å². The Kier molecular flexibility index (Phi) is 3.23. The minimum absolute atomic E-state index is 0.0529. The second kappa shape index (κ2) is 4.26. The number of carbonyl (C=O) groups is 1. The topological polar surface area (TPSA) is 47.9 Å². The second-order valence-corrected chi connectivity index (χ2v) is 6.81. The fourth-order valence-corrected chi connectivity index (χ4v) is 2.98. The van der Waals surface area contributed by atoms with E-state index in [9.17, 15) is 4.79 Å². The summed E-state index contributed by atoms with van der Waals surface area (Å²) < 4.78 is 6.24. The van der Waals surface area contributed by atoms with Crippen LogP contribution in [0.15, 0.2) is 5.16 Å². The zero-order valence-electron chi connectivity index (χ0n) is 10.5. The summed E-state index contributed by atoms with van der Waals surface area (Å²) in [6.45, 7) is 5.67. The molecular weight excluding hydrogens is 286 g/mol. The van der Waals surface area contributed by atoms with E-state index in [0.29, 0.717) is 6.42 Å². The Morgan fingerprint density at radius 2 is 2.29 bits per heavy atom. The summed E-state index contributed by atoms with van der Waals surface area (Å²) in [4.78, 5) is 17.4. The SMILES string of the molecule is CC(C)(C)OC(=O)[C@H]1CCC2(CC(Br)=NO2)C1. The van der Waals surface area contributed by atoms with Crippen molar-refractivity contribution in [3.05, 3.63) is 0 Å². The molecule has 1 fully saturated rings. The zero-order valence-corrected chi connectivity index (χ0v) is 12.0. The monoisotopic (exact) mass is 303 g/mol. The maximum atomic E-state index is 12.0. The summed E-state index contributed by atoms with van der Waals surface area (Å²) in [6.07, 6.45) is 3.17. The summed E-state index contributed by atoms with van der Waals surface area (Å²) in [5, 5.41) is 3.92. The van der Waals surface area contributed by atoms with E-state index in [1.54, 1.807) is 0 Å². The predicted octanol–water partition coefficient (Wildman–Crippen LogP) is 3.00. The number of hydrogen-bond acceptors (Lipinski definition) is 4. The predicted molar refractivity (Wildman–Crippen MR) is 68.0 cm³/mol. The van der Waals surface area contributed by atoms with Crippen LogP contribution in [0, 0.1) is 5.92 Å². The van der Waals surface area contributed by atoms with Crippen molar-refractivity contribution in [2.75, 3.05) is 0 Å². The molecule has 0 saturated heterocycles. The lowest BCUT2D eigenvalue weighted by Gasteiger charge is -2.23.